The summed E-state index contributed by atoms with van der Waals surface area (Å²) in [5, 5.41) is 1.26. The Morgan fingerprint density at radius 2 is 2.03 bits per heavy atom. The minimum atomic E-state index is -3.95. The van der Waals surface area contributed by atoms with Crippen LogP contribution in [-0.2, 0) is 21.4 Å². The van der Waals surface area contributed by atoms with Crippen LogP contribution in [0.4, 0.5) is 10.1 Å². The lowest BCUT2D eigenvalue weighted by Crippen LogP contribution is -2.41. The Bertz CT molecular complexity index is 1570. The standard InChI is InChI=1S/C24H23ClFN5O3S2/c1-29(2)14-22-27-8-10-30(22)17-5-6-20(18(26)13-17)31-9-7-19(24(31)32)28-36(33,34)23-11-15-3-4-16(25)12-21(15)35-23/h3-6,8,10-13,19,28H,7,9,14H2,1-2H3. The minimum absolute atomic E-state index is 0.0930. The SMILES string of the molecule is CN(C)Cc1nccn1-c1ccc(N2CCC(NS(=O)(=O)c3cc4ccc(Cl)cc4s3)C2=O)c(F)c1. The van der Waals surface area contributed by atoms with Crippen molar-refractivity contribution < 1.29 is 17.6 Å². The number of hydrogen-bond donors (Lipinski definition) is 1. The summed E-state index contributed by atoms with van der Waals surface area (Å²) >= 11 is 7.08. The fourth-order valence-electron chi connectivity index (χ4n) is 4.22. The van der Waals surface area contributed by atoms with Gasteiger partial charge in [-0.15, -0.1) is 11.3 Å². The van der Waals surface area contributed by atoms with E-state index in [2.05, 4.69) is 9.71 Å². The van der Waals surface area contributed by atoms with Gasteiger partial charge in [0.2, 0.25) is 5.91 Å². The van der Waals surface area contributed by atoms with Gasteiger partial charge in [-0.1, -0.05) is 17.7 Å². The smallest absolute Gasteiger partial charge is 0.250 e. The molecule has 2 aromatic heterocycles. The molecule has 1 saturated heterocycles. The zero-order valence-electron chi connectivity index (χ0n) is 19.5. The van der Waals surface area contributed by atoms with Crippen LogP contribution in [0.25, 0.3) is 15.8 Å². The van der Waals surface area contributed by atoms with Crippen molar-refractivity contribution in [3.05, 3.63) is 71.5 Å². The van der Waals surface area contributed by atoms with E-state index in [4.69, 9.17) is 11.6 Å². The van der Waals surface area contributed by atoms with Crippen molar-refractivity contribution in [2.75, 3.05) is 25.5 Å². The minimum Gasteiger partial charge on any atom is -0.308 e. The third-order valence-corrected chi connectivity index (χ3v) is 9.18. The molecule has 188 valence electrons. The molecule has 0 spiro atoms. The van der Waals surface area contributed by atoms with Gasteiger partial charge in [-0.2, -0.15) is 4.72 Å². The number of imidazole rings is 1. The third-order valence-electron chi connectivity index (χ3n) is 5.90. The van der Waals surface area contributed by atoms with Crippen LogP contribution < -0.4 is 9.62 Å². The molecular formula is C24H23ClFN5O3S2. The third kappa shape index (κ3) is 4.76. The van der Waals surface area contributed by atoms with Crippen molar-refractivity contribution in [1.29, 1.82) is 0 Å². The summed E-state index contributed by atoms with van der Waals surface area (Å²) in [6.45, 7) is 0.775. The fourth-order valence-corrected chi connectivity index (χ4v) is 7.13. The summed E-state index contributed by atoms with van der Waals surface area (Å²) in [5.41, 5.74) is 0.690. The number of aromatic nitrogens is 2. The van der Waals surface area contributed by atoms with Gasteiger partial charge in [-0.3, -0.25) is 4.79 Å². The molecule has 1 atom stereocenters. The lowest BCUT2D eigenvalue weighted by Gasteiger charge is -2.19. The molecule has 1 aliphatic rings. The average molecular weight is 548 g/mol. The second-order valence-corrected chi connectivity index (χ2v) is 12.2. The van der Waals surface area contributed by atoms with Crippen molar-refractivity contribution in [2.24, 2.45) is 0 Å². The highest BCUT2D eigenvalue weighted by atomic mass is 35.5. The molecule has 5 rings (SSSR count). The number of nitrogens with one attached hydrogen (secondary N) is 1. The number of nitrogens with zero attached hydrogens (tertiary/aromatic N) is 4. The van der Waals surface area contributed by atoms with Gasteiger partial charge in [0.1, 0.15) is 21.9 Å². The van der Waals surface area contributed by atoms with Gasteiger partial charge in [0, 0.05) is 40.4 Å². The van der Waals surface area contributed by atoms with Gasteiger partial charge < -0.3 is 14.4 Å². The number of amides is 1. The topological polar surface area (TPSA) is 87.5 Å². The Balaban J connectivity index is 1.34. The summed E-state index contributed by atoms with van der Waals surface area (Å²) in [5.74, 6) is -0.317. The average Bonchev–Trinajstić information content (AvgIpc) is 3.53. The molecule has 1 amide bonds. The first-order chi connectivity index (χ1) is 17.1. The van der Waals surface area contributed by atoms with Crippen molar-refractivity contribution in [3.63, 3.8) is 0 Å². The predicted molar refractivity (Wildman–Crippen MR) is 139 cm³/mol. The first-order valence-corrected chi connectivity index (χ1v) is 13.8. The summed E-state index contributed by atoms with van der Waals surface area (Å²) in [6, 6.07) is 10.3. The van der Waals surface area contributed by atoms with Crippen molar-refractivity contribution in [2.45, 2.75) is 23.2 Å². The van der Waals surface area contributed by atoms with E-state index in [0.717, 1.165) is 27.2 Å². The van der Waals surface area contributed by atoms with Crippen molar-refractivity contribution in [3.8, 4) is 5.69 Å². The molecule has 0 saturated carbocycles. The van der Waals surface area contributed by atoms with Crippen LogP contribution in [0.5, 0.6) is 0 Å². The zero-order valence-corrected chi connectivity index (χ0v) is 21.9. The quantitative estimate of drug-likeness (QED) is 0.377. The number of halogens is 2. The Kier molecular flexibility index (Phi) is 6.60. The summed E-state index contributed by atoms with van der Waals surface area (Å²) < 4.78 is 46.2. The van der Waals surface area contributed by atoms with Gasteiger partial charge in [-0.05, 0) is 56.2 Å². The molecule has 1 unspecified atom stereocenters. The molecule has 2 aromatic carbocycles. The Morgan fingerprint density at radius 1 is 1.22 bits per heavy atom. The van der Waals surface area contributed by atoms with Gasteiger partial charge in [0.15, 0.2) is 0 Å². The Morgan fingerprint density at radius 3 is 2.78 bits per heavy atom. The number of thiophene rings is 1. The highest BCUT2D eigenvalue weighted by molar-refractivity contribution is 7.91. The fraction of sp³-hybridized carbons (Fsp3) is 0.250. The molecule has 1 fully saturated rings. The van der Waals surface area contributed by atoms with Crippen LogP contribution in [-0.4, -0.2) is 55.5 Å². The molecule has 0 aliphatic carbocycles. The Labute approximate surface area is 217 Å². The number of hydrogen-bond acceptors (Lipinski definition) is 6. The second kappa shape index (κ2) is 9.56. The largest absolute Gasteiger partial charge is 0.308 e. The monoisotopic (exact) mass is 547 g/mol. The molecule has 12 heteroatoms. The number of fused-ring (bicyclic) bond motifs is 1. The maximum atomic E-state index is 15.2. The maximum absolute atomic E-state index is 15.2. The van der Waals surface area contributed by atoms with Crippen LogP contribution >= 0.6 is 22.9 Å². The number of carbonyl (C=O) groups is 1. The van der Waals surface area contributed by atoms with E-state index in [1.54, 1.807) is 47.3 Å². The van der Waals surface area contributed by atoms with Crippen molar-refractivity contribution in [1.82, 2.24) is 19.2 Å². The number of anilines is 1. The molecule has 0 radical (unpaired) electrons. The highest BCUT2D eigenvalue weighted by Gasteiger charge is 2.37. The molecule has 1 aliphatic heterocycles. The van der Waals surface area contributed by atoms with Crippen LogP contribution in [0.2, 0.25) is 5.02 Å². The van der Waals surface area contributed by atoms with E-state index in [1.807, 2.05) is 19.0 Å². The second-order valence-electron chi connectivity index (χ2n) is 8.79. The molecular weight excluding hydrogens is 525 g/mol. The highest BCUT2D eigenvalue weighted by Crippen LogP contribution is 2.32. The van der Waals surface area contributed by atoms with E-state index >= 15 is 4.39 Å². The van der Waals surface area contributed by atoms with Gasteiger partial charge in [0.05, 0.1) is 12.2 Å². The Hall–Kier alpha value is -2.83. The van der Waals surface area contributed by atoms with Crippen LogP contribution in [0.3, 0.4) is 0 Å². The van der Waals surface area contributed by atoms with Gasteiger partial charge in [0.25, 0.3) is 10.0 Å². The first kappa shape index (κ1) is 24.8. The van der Waals surface area contributed by atoms with Gasteiger partial charge >= 0.3 is 0 Å². The lowest BCUT2D eigenvalue weighted by atomic mass is 10.2. The van der Waals surface area contributed by atoms with Crippen LogP contribution in [0, 0.1) is 5.82 Å². The number of rotatable bonds is 7. The van der Waals surface area contributed by atoms with E-state index in [9.17, 15) is 13.2 Å². The number of carbonyl (C=O) groups excluding carboxylic acids is 1. The van der Waals surface area contributed by atoms with Crippen molar-refractivity contribution >= 4 is 54.6 Å². The summed E-state index contributed by atoms with van der Waals surface area (Å²) in [4.78, 5) is 20.6. The summed E-state index contributed by atoms with van der Waals surface area (Å²) in [6.07, 6.45) is 3.63. The molecule has 36 heavy (non-hydrogen) atoms. The molecule has 1 N–H and O–H groups in total. The van der Waals surface area contributed by atoms with Gasteiger partial charge in [-0.25, -0.2) is 17.8 Å². The zero-order chi connectivity index (χ0) is 25.6. The van der Waals surface area contributed by atoms with E-state index in [-0.39, 0.29) is 22.9 Å². The maximum Gasteiger partial charge on any atom is 0.250 e. The van der Waals surface area contributed by atoms with Crippen LogP contribution in [0.1, 0.15) is 12.2 Å². The number of sulfonamides is 1. The molecule has 0 bridgehead atoms. The van der Waals surface area contributed by atoms with Crippen LogP contribution in [0.15, 0.2) is 59.1 Å². The van der Waals surface area contributed by atoms with E-state index in [0.29, 0.717) is 17.3 Å². The molecule has 8 nitrogen and oxygen atoms in total. The molecule has 3 heterocycles. The normalized spacial score (nSPS) is 16.5. The van der Waals surface area contributed by atoms with E-state index in [1.165, 1.54) is 17.0 Å². The predicted octanol–water partition coefficient (Wildman–Crippen LogP) is 4.02. The lowest BCUT2D eigenvalue weighted by molar-refractivity contribution is -0.118. The first-order valence-electron chi connectivity index (χ1n) is 11.1. The number of benzene rings is 2. The van der Waals surface area contributed by atoms with E-state index < -0.39 is 27.8 Å². The summed E-state index contributed by atoms with van der Waals surface area (Å²) in [7, 11) is -0.110. The molecule has 4 aromatic rings.